The first-order valence-corrected chi connectivity index (χ1v) is 7.84. The molecule has 24 heavy (non-hydrogen) atoms. The van der Waals surface area contributed by atoms with Crippen LogP contribution in [0.5, 0.6) is 0 Å². The summed E-state index contributed by atoms with van der Waals surface area (Å²) in [5.74, 6) is -1.53. The fourth-order valence-corrected chi connectivity index (χ4v) is 2.81. The van der Waals surface area contributed by atoms with Crippen molar-refractivity contribution in [3.8, 4) is 0 Å². The van der Waals surface area contributed by atoms with Crippen LogP contribution in [0.15, 0.2) is 36.4 Å². The summed E-state index contributed by atoms with van der Waals surface area (Å²) in [5, 5.41) is 3.50. The van der Waals surface area contributed by atoms with Gasteiger partial charge >= 0.3 is 0 Å². The third-order valence-electron chi connectivity index (χ3n) is 3.71. The highest BCUT2D eigenvalue weighted by Crippen LogP contribution is 2.26. The second-order valence-corrected chi connectivity index (χ2v) is 6.27. The second-order valence-electron chi connectivity index (χ2n) is 5.39. The third-order valence-corrected chi connectivity index (χ3v) is 4.18. The zero-order valence-electron chi connectivity index (χ0n) is 12.6. The van der Waals surface area contributed by atoms with E-state index in [1.165, 1.54) is 18.2 Å². The maximum Gasteiger partial charge on any atom is 0.262 e. The summed E-state index contributed by atoms with van der Waals surface area (Å²) in [6.45, 7) is 1.44. The van der Waals surface area contributed by atoms with Crippen LogP contribution in [0, 0.1) is 6.92 Å². The zero-order valence-corrected chi connectivity index (χ0v) is 14.1. The minimum absolute atomic E-state index is 0.208. The Hall–Kier alpha value is -2.37. The molecule has 3 amide bonds. The van der Waals surface area contributed by atoms with Gasteiger partial charge in [-0.3, -0.25) is 19.3 Å². The van der Waals surface area contributed by atoms with Gasteiger partial charge in [0.2, 0.25) is 5.91 Å². The average molecular weight is 363 g/mol. The molecule has 0 spiro atoms. The van der Waals surface area contributed by atoms with Gasteiger partial charge in [0.1, 0.15) is 6.54 Å². The first-order valence-electron chi connectivity index (χ1n) is 7.08. The molecule has 0 unspecified atom stereocenters. The standard InChI is InChI=1S/C17H12Cl2N2O3/c1-9-2-3-11(19)7-14(9)20-15(22)8-21-16(23)12-5-4-10(18)6-13(12)17(21)24/h2-7H,8H2,1H3,(H,20,22). The number of imide groups is 1. The normalized spacial score (nSPS) is 13.2. The van der Waals surface area contributed by atoms with Gasteiger partial charge < -0.3 is 5.32 Å². The molecule has 1 aliphatic heterocycles. The summed E-state index contributed by atoms with van der Waals surface area (Å²) in [5.41, 5.74) is 1.81. The first kappa shape index (κ1) is 16.5. The van der Waals surface area contributed by atoms with Crippen molar-refractivity contribution in [3.63, 3.8) is 0 Å². The molecule has 5 nitrogen and oxygen atoms in total. The second kappa shape index (κ2) is 6.26. The molecule has 0 radical (unpaired) electrons. The summed E-state index contributed by atoms with van der Waals surface area (Å²) >= 11 is 11.8. The van der Waals surface area contributed by atoms with Gasteiger partial charge in [-0.1, -0.05) is 29.3 Å². The number of aryl methyl sites for hydroxylation is 1. The molecular weight excluding hydrogens is 351 g/mol. The Bertz CT molecular complexity index is 880. The molecule has 122 valence electrons. The van der Waals surface area contributed by atoms with Gasteiger partial charge in [-0.15, -0.1) is 0 Å². The summed E-state index contributed by atoms with van der Waals surface area (Å²) in [6.07, 6.45) is 0. The highest BCUT2D eigenvalue weighted by Gasteiger charge is 2.36. The number of amides is 3. The number of nitrogens with zero attached hydrogens (tertiary/aromatic N) is 1. The number of halogens is 2. The van der Waals surface area contributed by atoms with Crippen LogP contribution in [0.4, 0.5) is 5.69 Å². The van der Waals surface area contributed by atoms with Gasteiger partial charge in [0.05, 0.1) is 11.1 Å². The maximum absolute atomic E-state index is 12.3. The number of benzene rings is 2. The highest BCUT2D eigenvalue weighted by atomic mass is 35.5. The molecule has 0 aliphatic carbocycles. The van der Waals surface area contributed by atoms with E-state index >= 15 is 0 Å². The number of rotatable bonds is 3. The molecule has 0 aromatic heterocycles. The van der Waals surface area contributed by atoms with Crippen LogP contribution in [-0.4, -0.2) is 29.2 Å². The summed E-state index contributed by atoms with van der Waals surface area (Å²) < 4.78 is 0. The van der Waals surface area contributed by atoms with Crippen LogP contribution in [0.2, 0.25) is 10.0 Å². The lowest BCUT2D eigenvalue weighted by atomic mass is 10.1. The SMILES string of the molecule is Cc1ccc(Cl)cc1NC(=O)CN1C(=O)c2ccc(Cl)cc2C1=O. The predicted octanol–water partition coefficient (Wildman–Crippen LogP) is 3.54. The molecule has 0 bridgehead atoms. The van der Waals surface area contributed by atoms with Crippen LogP contribution < -0.4 is 5.32 Å². The van der Waals surface area contributed by atoms with Crippen LogP contribution in [-0.2, 0) is 4.79 Å². The van der Waals surface area contributed by atoms with Crippen molar-refractivity contribution in [3.05, 3.63) is 63.1 Å². The summed E-state index contributed by atoms with van der Waals surface area (Å²) in [4.78, 5) is 37.7. The topological polar surface area (TPSA) is 66.5 Å². The molecule has 2 aromatic carbocycles. The summed E-state index contributed by atoms with van der Waals surface area (Å²) in [7, 11) is 0. The lowest BCUT2D eigenvalue weighted by Gasteiger charge is -2.14. The van der Waals surface area contributed by atoms with Crippen molar-refractivity contribution in [1.29, 1.82) is 0 Å². The molecule has 0 saturated carbocycles. The molecule has 1 N–H and O–H groups in total. The van der Waals surface area contributed by atoms with Crippen LogP contribution in [0.3, 0.4) is 0 Å². The Kier molecular flexibility index (Phi) is 4.30. The van der Waals surface area contributed by atoms with Crippen LogP contribution in [0.25, 0.3) is 0 Å². The van der Waals surface area contributed by atoms with Gasteiger partial charge in [0.25, 0.3) is 11.8 Å². The number of anilines is 1. The van der Waals surface area contributed by atoms with Gasteiger partial charge in [-0.2, -0.15) is 0 Å². The Morgan fingerprint density at radius 1 is 1.00 bits per heavy atom. The Balaban J connectivity index is 1.77. The highest BCUT2D eigenvalue weighted by molar-refractivity contribution is 6.32. The molecule has 2 aromatic rings. The van der Waals surface area contributed by atoms with Gasteiger partial charge in [0.15, 0.2) is 0 Å². The van der Waals surface area contributed by atoms with Crippen molar-refractivity contribution in [2.45, 2.75) is 6.92 Å². The monoisotopic (exact) mass is 362 g/mol. The average Bonchev–Trinajstić information content (AvgIpc) is 2.75. The van der Waals surface area contributed by atoms with E-state index in [0.717, 1.165) is 10.5 Å². The van der Waals surface area contributed by atoms with E-state index in [1.54, 1.807) is 18.2 Å². The minimum atomic E-state index is -0.532. The van der Waals surface area contributed by atoms with Crippen molar-refractivity contribution in [2.24, 2.45) is 0 Å². The number of hydrogen-bond donors (Lipinski definition) is 1. The molecule has 1 aliphatic rings. The molecule has 0 fully saturated rings. The smallest absolute Gasteiger partial charge is 0.262 e. The Morgan fingerprint density at radius 2 is 1.62 bits per heavy atom. The number of nitrogens with one attached hydrogen (secondary N) is 1. The van der Waals surface area contributed by atoms with Gasteiger partial charge in [-0.25, -0.2) is 0 Å². The first-order chi connectivity index (χ1) is 11.4. The van der Waals surface area contributed by atoms with E-state index in [9.17, 15) is 14.4 Å². The van der Waals surface area contributed by atoms with E-state index in [2.05, 4.69) is 5.32 Å². The molecule has 3 rings (SSSR count). The van der Waals surface area contributed by atoms with E-state index in [-0.39, 0.29) is 17.7 Å². The van der Waals surface area contributed by atoms with E-state index in [1.807, 2.05) is 6.92 Å². The number of carbonyl (C=O) groups excluding carboxylic acids is 3. The van der Waals surface area contributed by atoms with E-state index in [4.69, 9.17) is 23.2 Å². The van der Waals surface area contributed by atoms with Crippen molar-refractivity contribution in [1.82, 2.24) is 4.90 Å². The van der Waals surface area contributed by atoms with Crippen molar-refractivity contribution < 1.29 is 14.4 Å². The van der Waals surface area contributed by atoms with E-state index in [0.29, 0.717) is 15.7 Å². The fraction of sp³-hybridized carbons (Fsp3) is 0.118. The molecule has 7 heteroatoms. The predicted molar refractivity (Wildman–Crippen MR) is 91.6 cm³/mol. The number of carbonyl (C=O) groups is 3. The van der Waals surface area contributed by atoms with Crippen LogP contribution >= 0.6 is 23.2 Å². The number of hydrogen-bond acceptors (Lipinski definition) is 3. The lowest BCUT2D eigenvalue weighted by Crippen LogP contribution is -2.37. The van der Waals surface area contributed by atoms with Gasteiger partial charge in [-0.05, 0) is 42.8 Å². The molecule has 0 saturated heterocycles. The van der Waals surface area contributed by atoms with Crippen molar-refractivity contribution in [2.75, 3.05) is 11.9 Å². The van der Waals surface area contributed by atoms with E-state index < -0.39 is 17.7 Å². The number of fused-ring (bicyclic) bond motifs is 1. The lowest BCUT2D eigenvalue weighted by molar-refractivity contribution is -0.116. The minimum Gasteiger partial charge on any atom is -0.324 e. The molecule has 0 atom stereocenters. The Morgan fingerprint density at radius 3 is 2.38 bits per heavy atom. The maximum atomic E-state index is 12.3. The largest absolute Gasteiger partial charge is 0.324 e. The molecule has 1 heterocycles. The zero-order chi connectivity index (χ0) is 17.4. The quantitative estimate of drug-likeness (QED) is 0.849. The summed E-state index contributed by atoms with van der Waals surface area (Å²) in [6, 6.07) is 9.52. The third kappa shape index (κ3) is 3.00. The fourth-order valence-electron chi connectivity index (χ4n) is 2.47. The van der Waals surface area contributed by atoms with Gasteiger partial charge in [0, 0.05) is 15.7 Å². The molecular formula is C17H12Cl2N2O3. The van der Waals surface area contributed by atoms with Crippen molar-refractivity contribution >= 4 is 46.6 Å². The van der Waals surface area contributed by atoms with Crippen LogP contribution in [0.1, 0.15) is 26.3 Å². The Labute approximate surface area is 148 Å².